The van der Waals surface area contributed by atoms with Crippen molar-refractivity contribution < 1.29 is 28.5 Å². The van der Waals surface area contributed by atoms with Crippen LogP contribution < -0.4 is 9.47 Å². The van der Waals surface area contributed by atoms with E-state index in [2.05, 4.69) is 0 Å². The van der Waals surface area contributed by atoms with Crippen LogP contribution in [0.5, 0.6) is 11.5 Å². The predicted molar refractivity (Wildman–Crippen MR) is 92.0 cm³/mol. The van der Waals surface area contributed by atoms with Gasteiger partial charge in [-0.05, 0) is 50.6 Å². The van der Waals surface area contributed by atoms with Gasteiger partial charge in [0.1, 0.15) is 0 Å². The summed E-state index contributed by atoms with van der Waals surface area (Å²) < 4.78 is 20.6. The molecule has 3 rings (SSSR count). The maximum atomic E-state index is 12.1. The molecule has 1 atom stereocenters. The van der Waals surface area contributed by atoms with E-state index < -0.39 is 6.09 Å². The van der Waals surface area contributed by atoms with Gasteiger partial charge in [-0.25, -0.2) is 4.79 Å². The van der Waals surface area contributed by atoms with Gasteiger partial charge in [0.25, 0.3) is 0 Å². The molecule has 8 heteroatoms. The first-order chi connectivity index (χ1) is 12.5. The summed E-state index contributed by atoms with van der Waals surface area (Å²) in [4.78, 5) is 27.1. The van der Waals surface area contributed by atoms with E-state index in [1.54, 1.807) is 7.05 Å². The number of likely N-dealkylation sites (N-methyl/N-ethyl adjacent to an activating group) is 1. The number of hydrogen-bond acceptors (Lipinski definition) is 7. The van der Waals surface area contributed by atoms with Crippen molar-refractivity contribution in [1.29, 1.82) is 0 Å². The Labute approximate surface area is 152 Å². The van der Waals surface area contributed by atoms with E-state index in [0.717, 1.165) is 30.8 Å². The SMILES string of the molecule is CC(Cc1ccc2c(c1)OCO2)N(C)C(=O)OCOC(=O)CN1CCC1. The summed E-state index contributed by atoms with van der Waals surface area (Å²) in [6.45, 7) is 3.85. The number of nitrogens with zero attached hydrogens (tertiary/aromatic N) is 2. The zero-order valence-corrected chi connectivity index (χ0v) is 15.1. The minimum absolute atomic E-state index is 0.0975. The second kappa shape index (κ2) is 8.27. The number of ether oxygens (including phenoxy) is 4. The van der Waals surface area contributed by atoms with Crippen molar-refractivity contribution in [2.45, 2.75) is 25.8 Å². The van der Waals surface area contributed by atoms with Crippen LogP contribution in [0.25, 0.3) is 0 Å². The predicted octanol–water partition coefficient (Wildman–Crippen LogP) is 1.62. The summed E-state index contributed by atoms with van der Waals surface area (Å²) in [5.41, 5.74) is 1.03. The Bertz CT molecular complexity index is 661. The molecular formula is C18H24N2O6. The Morgan fingerprint density at radius 3 is 2.73 bits per heavy atom. The van der Waals surface area contributed by atoms with Gasteiger partial charge in [-0.1, -0.05) is 6.07 Å². The topological polar surface area (TPSA) is 77.5 Å². The highest BCUT2D eigenvalue weighted by atomic mass is 16.7. The molecule has 2 aliphatic rings. The molecular weight excluding hydrogens is 340 g/mol. The third-order valence-electron chi connectivity index (χ3n) is 4.62. The third kappa shape index (κ3) is 4.57. The number of likely N-dealkylation sites (tertiary alicyclic amines) is 1. The minimum atomic E-state index is -0.532. The van der Waals surface area contributed by atoms with E-state index in [0.29, 0.717) is 12.2 Å². The van der Waals surface area contributed by atoms with Crippen LogP contribution in [0.4, 0.5) is 4.79 Å². The number of carbonyl (C=O) groups is 2. The quantitative estimate of drug-likeness (QED) is 0.537. The summed E-state index contributed by atoms with van der Waals surface area (Å²) in [6, 6.07) is 5.62. The number of esters is 1. The molecule has 0 aliphatic carbocycles. The lowest BCUT2D eigenvalue weighted by Crippen LogP contribution is -2.41. The molecule has 2 aliphatic heterocycles. The molecule has 1 aromatic rings. The van der Waals surface area contributed by atoms with Crippen LogP contribution in [-0.2, 0) is 20.7 Å². The smallest absolute Gasteiger partial charge is 0.412 e. The average Bonchev–Trinajstić information content (AvgIpc) is 3.05. The third-order valence-corrected chi connectivity index (χ3v) is 4.62. The molecule has 0 saturated carbocycles. The van der Waals surface area contributed by atoms with Crippen LogP contribution in [0.15, 0.2) is 18.2 Å². The Morgan fingerprint density at radius 2 is 2.00 bits per heavy atom. The highest BCUT2D eigenvalue weighted by molar-refractivity contribution is 5.72. The van der Waals surface area contributed by atoms with E-state index in [-0.39, 0.29) is 32.1 Å². The largest absolute Gasteiger partial charge is 0.454 e. The van der Waals surface area contributed by atoms with Crippen LogP contribution in [0, 0.1) is 0 Å². The molecule has 142 valence electrons. The zero-order valence-electron chi connectivity index (χ0n) is 15.1. The number of benzene rings is 1. The minimum Gasteiger partial charge on any atom is -0.454 e. The summed E-state index contributed by atoms with van der Waals surface area (Å²) in [6.07, 6.45) is 1.21. The summed E-state index contributed by atoms with van der Waals surface area (Å²) in [5.74, 6) is 1.07. The van der Waals surface area contributed by atoms with E-state index in [4.69, 9.17) is 18.9 Å². The Hall–Kier alpha value is -2.48. The van der Waals surface area contributed by atoms with Gasteiger partial charge in [0.05, 0.1) is 6.54 Å². The Balaban J connectivity index is 1.40. The molecule has 26 heavy (non-hydrogen) atoms. The van der Waals surface area contributed by atoms with Crippen molar-refractivity contribution >= 4 is 12.1 Å². The maximum Gasteiger partial charge on any atom is 0.412 e. The molecule has 1 amide bonds. The van der Waals surface area contributed by atoms with Gasteiger partial charge >= 0.3 is 12.1 Å². The van der Waals surface area contributed by atoms with Crippen molar-refractivity contribution in [2.24, 2.45) is 0 Å². The van der Waals surface area contributed by atoms with E-state index >= 15 is 0 Å². The lowest BCUT2D eigenvalue weighted by Gasteiger charge is -2.29. The average molecular weight is 364 g/mol. The van der Waals surface area contributed by atoms with Gasteiger partial charge in [-0.2, -0.15) is 0 Å². The standard InChI is InChI=1S/C18H24N2O6/c1-13(8-14-4-5-15-16(9-14)24-11-23-15)19(2)18(22)26-12-25-17(21)10-20-6-3-7-20/h4-5,9,13H,3,6-8,10-12H2,1-2H3. The van der Waals surface area contributed by atoms with Crippen molar-refractivity contribution in [3.8, 4) is 11.5 Å². The zero-order chi connectivity index (χ0) is 18.5. The number of hydrogen-bond donors (Lipinski definition) is 0. The molecule has 1 fully saturated rings. The Kier molecular flexibility index (Phi) is 5.82. The first-order valence-corrected chi connectivity index (χ1v) is 8.69. The number of fused-ring (bicyclic) bond motifs is 1. The van der Waals surface area contributed by atoms with Crippen LogP contribution in [-0.4, -0.2) is 68.2 Å². The van der Waals surface area contributed by atoms with Crippen molar-refractivity contribution in [3.05, 3.63) is 23.8 Å². The summed E-state index contributed by atoms with van der Waals surface area (Å²) >= 11 is 0. The Morgan fingerprint density at radius 1 is 1.23 bits per heavy atom. The van der Waals surface area contributed by atoms with Gasteiger partial charge in [-0.3, -0.25) is 9.69 Å². The first kappa shape index (κ1) is 18.3. The van der Waals surface area contributed by atoms with E-state index in [1.165, 1.54) is 4.90 Å². The molecule has 0 aromatic heterocycles. The van der Waals surface area contributed by atoms with Crippen LogP contribution in [0.2, 0.25) is 0 Å². The molecule has 1 saturated heterocycles. The maximum absolute atomic E-state index is 12.1. The van der Waals surface area contributed by atoms with E-state index in [9.17, 15) is 9.59 Å². The molecule has 1 aromatic carbocycles. The highest BCUT2D eigenvalue weighted by Gasteiger charge is 2.21. The van der Waals surface area contributed by atoms with Crippen molar-refractivity contribution in [2.75, 3.05) is 40.3 Å². The van der Waals surface area contributed by atoms with Gasteiger partial charge in [0.2, 0.25) is 13.6 Å². The fraction of sp³-hybridized carbons (Fsp3) is 0.556. The highest BCUT2D eigenvalue weighted by Crippen LogP contribution is 2.32. The molecule has 1 unspecified atom stereocenters. The van der Waals surface area contributed by atoms with Gasteiger partial charge < -0.3 is 23.8 Å². The lowest BCUT2D eigenvalue weighted by molar-refractivity contribution is -0.154. The second-order valence-corrected chi connectivity index (χ2v) is 6.53. The second-order valence-electron chi connectivity index (χ2n) is 6.53. The molecule has 0 radical (unpaired) electrons. The molecule has 2 heterocycles. The summed E-state index contributed by atoms with van der Waals surface area (Å²) in [5, 5.41) is 0. The van der Waals surface area contributed by atoms with Gasteiger partial charge in [0.15, 0.2) is 11.5 Å². The van der Waals surface area contributed by atoms with Crippen LogP contribution in [0.1, 0.15) is 18.9 Å². The normalized spacial score (nSPS) is 16.5. The summed E-state index contributed by atoms with van der Waals surface area (Å²) in [7, 11) is 1.65. The lowest BCUT2D eigenvalue weighted by atomic mass is 10.1. The number of carbonyl (C=O) groups excluding carboxylic acids is 2. The fourth-order valence-electron chi connectivity index (χ4n) is 2.74. The van der Waals surface area contributed by atoms with Gasteiger partial charge in [-0.15, -0.1) is 0 Å². The molecule has 0 N–H and O–H groups in total. The van der Waals surface area contributed by atoms with E-state index in [1.807, 2.05) is 30.0 Å². The molecule has 0 spiro atoms. The van der Waals surface area contributed by atoms with Crippen molar-refractivity contribution in [1.82, 2.24) is 9.80 Å². The monoisotopic (exact) mass is 364 g/mol. The van der Waals surface area contributed by atoms with Crippen LogP contribution >= 0.6 is 0 Å². The number of amides is 1. The van der Waals surface area contributed by atoms with Crippen molar-refractivity contribution in [3.63, 3.8) is 0 Å². The first-order valence-electron chi connectivity index (χ1n) is 8.69. The molecule has 0 bridgehead atoms. The fourth-order valence-corrected chi connectivity index (χ4v) is 2.74. The number of rotatable bonds is 7. The molecule has 8 nitrogen and oxygen atoms in total. The van der Waals surface area contributed by atoms with Gasteiger partial charge in [0, 0.05) is 13.1 Å². The van der Waals surface area contributed by atoms with Crippen LogP contribution in [0.3, 0.4) is 0 Å².